The normalized spacial score (nSPS) is 11.1. The van der Waals surface area contributed by atoms with Crippen molar-refractivity contribution in [2.45, 2.75) is 65.1 Å². The molecule has 2 aromatic carbocycles. The molecule has 3 aromatic rings. The number of rotatable bonds is 13. The minimum atomic E-state index is -0.602. The number of aromatic nitrogens is 2. The lowest BCUT2D eigenvalue weighted by molar-refractivity contribution is -0.122. The molecular formula is C30H36Cl2N6OS. The number of thiocarbonyl (C=S) groups is 1. The van der Waals surface area contributed by atoms with Gasteiger partial charge in [0.2, 0.25) is 5.91 Å². The number of benzene rings is 2. The van der Waals surface area contributed by atoms with Gasteiger partial charge in [0.15, 0.2) is 5.11 Å². The summed E-state index contributed by atoms with van der Waals surface area (Å²) in [6.07, 6.45) is 6.88. The Balaban J connectivity index is 1.67. The van der Waals surface area contributed by atoms with Gasteiger partial charge in [-0.2, -0.15) is 5.26 Å². The fraction of sp³-hybridized carbons (Fsp3) is 0.400. The Hall–Kier alpha value is -3.12. The number of amides is 1. The summed E-state index contributed by atoms with van der Waals surface area (Å²) >= 11 is 18.5. The molecule has 40 heavy (non-hydrogen) atoms. The number of halogens is 2. The molecule has 0 saturated carbocycles. The van der Waals surface area contributed by atoms with Crippen molar-refractivity contribution in [3.05, 3.63) is 87.4 Å². The second-order valence-electron chi connectivity index (χ2n) is 10.4. The highest BCUT2D eigenvalue weighted by molar-refractivity contribution is 7.80. The zero-order chi connectivity index (χ0) is 29.1. The van der Waals surface area contributed by atoms with Crippen LogP contribution in [0, 0.1) is 11.3 Å². The van der Waals surface area contributed by atoms with Crippen molar-refractivity contribution in [2.75, 3.05) is 13.1 Å². The third-order valence-corrected chi connectivity index (χ3v) is 7.64. The highest BCUT2D eigenvalue weighted by Gasteiger charge is 2.26. The molecule has 0 aliphatic heterocycles. The van der Waals surface area contributed by atoms with Gasteiger partial charge >= 0.3 is 0 Å². The molecule has 0 saturated heterocycles. The maximum Gasteiger partial charge on any atom is 0.226 e. The summed E-state index contributed by atoms with van der Waals surface area (Å²) in [6.45, 7) is 8.38. The molecule has 0 radical (unpaired) electrons. The fourth-order valence-electron chi connectivity index (χ4n) is 4.38. The number of unbranched alkanes of at least 4 members (excludes halogenated alkanes) is 2. The average Bonchev–Trinajstić information content (AvgIpc) is 3.34. The average molecular weight is 600 g/mol. The molecule has 0 aliphatic carbocycles. The van der Waals surface area contributed by atoms with Crippen LogP contribution in [0.15, 0.2) is 55.0 Å². The van der Waals surface area contributed by atoms with Crippen molar-refractivity contribution in [1.29, 1.82) is 5.26 Å². The Morgan fingerprint density at radius 2 is 1.93 bits per heavy atom. The molecule has 1 amide bonds. The Kier molecular flexibility index (Phi) is 11.8. The van der Waals surface area contributed by atoms with Crippen LogP contribution in [0.4, 0.5) is 0 Å². The number of nitriles is 1. The minimum Gasteiger partial charge on any atom is -0.363 e. The Morgan fingerprint density at radius 1 is 1.18 bits per heavy atom. The van der Waals surface area contributed by atoms with Crippen LogP contribution >= 0.6 is 35.4 Å². The van der Waals surface area contributed by atoms with E-state index in [-0.39, 0.29) is 12.3 Å². The summed E-state index contributed by atoms with van der Waals surface area (Å²) in [5.41, 5.74) is 2.69. The smallest absolute Gasteiger partial charge is 0.226 e. The molecule has 0 fully saturated rings. The number of carbonyl (C=O) groups is 1. The monoisotopic (exact) mass is 598 g/mol. The minimum absolute atomic E-state index is 0.117. The Morgan fingerprint density at radius 3 is 2.62 bits per heavy atom. The van der Waals surface area contributed by atoms with Crippen LogP contribution in [0.3, 0.4) is 0 Å². The van der Waals surface area contributed by atoms with Gasteiger partial charge in [-0.15, -0.1) is 0 Å². The van der Waals surface area contributed by atoms with Crippen LogP contribution in [-0.2, 0) is 24.3 Å². The van der Waals surface area contributed by atoms with Gasteiger partial charge in [-0.05, 0) is 61.8 Å². The van der Waals surface area contributed by atoms with E-state index in [4.69, 9.17) is 40.7 Å². The summed E-state index contributed by atoms with van der Waals surface area (Å²) < 4.78 is 1.94. The first-order valence-electron chi connectivity index (χ1n) is 13.4. The predicted octanol–water partition coefficient (Wildman–Crippen LogP) is 6.11. The van der Waals surface area contributed by atoms with Gasteiger partial charge in [0.25, 0.3) is 0 Å². The lowest BCUT2D eigenvalue weighted by atomic mass is 10.0. The third-order valence-electron chi connectivity index (χ3n) is 6.38. The van der Waals surface area contributed by atoms with Gasteiger partial charge in [-0.3, -0.25) is 4.79 Å². The van der Waals surface area contributed by atoms with Crippen LogP contribution in [0.1, 0.15) is 62.4 Å². The standard InChI is InChI=1S/C30H36Cl2N6OS/c1-4-5-6-14-35-29(40)37(19-24-8-7-9-26(31)28(24)32)20-30(2,3)36-27(39)15-25-17-34-21-38(25)18-23-12-10-22(16-33)11-13-23/h7-13,17,21H,4-6,14-15,18-20H2,1-3H3,(H,35,40)(H,36,39). The molecule has 212 valence electrons. The molecule has 3 rings (SSSR count). The van der Waals surface area contributed by atoms with E-state index in [2.05, 4.69) is 28.6 Å². The topological polar surface area (TPSA) is 86.0 Å². The van der Waals surface area contributed by atoms with Crippen molar-refractivity contribution in [2.24, 2.45) is 0 Å². The quantitative estimate of drug-likeness (QED) is 0.182. The molecule has 7 nitrogen and oxygen atoms in total. The highest BCUT2D eigenvalue weighted by atomic mass is 35.5. The van der Waals surface area contributed by atoms with E-state index < -0.39 is 5.54 Å². The van der Waals surface area contributed by atoms with Gasteiger partial charge in [0.1, 0.15) is 0 Å². The molecular weight excluding hydrogens is 563 g/mol. The molecule has 0 atom stereocenters. The van der Waals surface area contributed by atoms with Gasteiger partial charge < -0.3 is 20.1 Å². The number of imidazole rings is 1. The van der Waals surface area contributed by atoms with E-state index in [1.165, 1.54) is 0 Å². The fourth-order valence-corrected chi connectivity index (χ4v) is 4.99. The first-order chi connectivity index (χ1) is 19.1. The van der Waals surface area contributed by atoms with Crippen molar-refractivity contribution < 1.29 is 4.79 Å². The Labute approximate surface area is 252 Å². The van der Waals surface area contributed by atoms with Crippen LogP contribution in [0.5, 0.6) is 0 Å². The van der Waals surface area contributed by atoms with Gasteiger partial charge in [-0.1, -0.05) is 67.2 Å². The number of nitrogens with one attached hydrogen (secondary N) is 2. The molecule has 0 unspecified atom stereocenters. The SMILES string of the molecule is CCCCCNC(=S)N(Cc1cccc(Cl)c1Cl)CC(C)(C)NC(=O)Cc1cncn1Cc1ccc(C#N)cc1. The number of hydrogen-bond donors (Lipinski definition) is 2. The predicted molar refractivity (Wildman–Crippen MR) is 165 cm³/mol. The summed E-state index contributed by atoms with van der Waals surface area (Å²) in [5.74, 6) is -0.117. The molecule has 2 N–H and O–H groups in total. The van der Waals surface area contributed by atoms with Crippen molar-refractivity contribution in [3.8, 4) is 6.07 Å². The van der Waals surface area contributed by atoms with E-state index in [0.29, 0.717) is 40.4 Å². The largest absolute Gasteiger partial charge is 0.363 e. The number of nitrogens with zero attached hydrogens (tertiary/aromatic N) is 4. The lowest BCUT2D eigenvalue weighted by Gasteiger charge is -2.35. The molecule has 1 heterocycles. The molecule has 0 spiro atoms. The zero-order valence-electron chi connectivity index (χ0n) is 23.2. The van der Waals surface area contributed by atoms with E-state index in [9.17, 15) is 4.79 Å². The second-order valence-corrected chi connectivity index (χ2v) is 11.6. The maximum atomic E-state index is 13.2. The van der Waals surface area contributed by atoms with Crippen LogP contribution in [0.2, 0.25) is 10.0 Å². The first kappa shape index (κ1) is 31.4. The molecule has 10 heteroatoms. The van der Waals surface area contributed by atoms with E-state index in [1.807, 2.05) is 47.6 Å². The van der Waals surface area contributed by atoms with Crippen molar-refractivity contribution in [3.63, 3.8) is 0 Å². The summed E-state index contributed by atoms with van der Waals surface area (Å²) in [4.78, 5) is 19.4. The summed E-state index contributed by atoms with van der Waals surface area (Å²) in [6, 6.07) is 15.1. The van der Waals surface area contributed by atoms with Crippen molar-refractivity contribution in [1.82, 2.24) is 25.1 Å². The van der Waals surface area contributed by atoms with Gasteiger partial charge in [0, 0.05) is 38.1 Å². The maximum absolute atomic E-state index is 13.2. The lowest BCUT2D eigenvalue weighted by Crippen LogP contribution is -2.54. The second kappa shape index (κ2) is 15.0. The summed E-state index contributed by atoms with van der Waals surface area (Å²) in [5, 5.41) is 17.2. The molecule has 0 aliphatic rings. The molecule has 1 aromatic heterocycles. The van der Waals surface area contributed by atoms with Crippen LogP contribution in [-0.4, -0.2) is 44.1 Å². The highest BCUT2D eigenvalue weighted by Crippen LogP contribution is 2.27. The van der Waals surface area contributed by atoms with Gasteiger partial charge in [0.05, 0.1) is 40.0 Å². The first-order valence-corrected chi connectivity index (χ1v) is 14.5. The van der Waals surface area contributed by atoms with Crippen LogP contribution in [0.25, 0.3) is 0 Å². The van der Waals surface area contributed by atoms with Gasteiger partial charge in [-0.25, -0.2) is 4.98 Å². The van der Waals surface area contributed by atoms with Crippen LogP contribution < -0.4 is 10.6 Å². The number of hydrogen-bond acceptors (Lipinski definition) is 4. The molecule has 0 bridgehead atoms. The summed E-state index contributed by atoms with van der Waals surface area (Å²) in [7, 11) is 0. The number of carbonyl (C=O) groups excluding carboxylic acids is 1. The third kappa shape index (κ3) is 9.51. The van der Waals surface area contributed by atoms with E-state index in [0.717, 1.165) is 42.6 Å². The zero-order valence-corrected chi connectivity index (χ0v) is 25.5. The van der Waals surface area contributed by atoms with Crippen molar-refractivity contribution >= 4 is 46.4 Å². The van der Waals surface area contributed by atoms with E-state index in [1.54, 1.807) is 30.7 Å². The Bertz CT molecular complexity index is 1330. The van der Waals surface area contributed by atoms with E-state index >= 15 is 0 Å².